The van der Waals surface area contributed by atoms with Crippen molar-refractivity contribution in [3.63, 3.8) is 0 Å². The van der Waals surface area contributed by atoms with Gasteiger partial charge in [0, 0.05) is 19.6 Å². The van der Waals surface area contributed by atoms with Crippen LogP contribution in [0.25, 0.3) is 17.5 Å². The zero-order valence-electron chi connectivity index (χ0n) is 12.2. The normalized spacial score (nSPS) is 14.6. The summed E-state index contributed by atoms with van der Waals surface area (Å²) in [6, 6.07) is 4.73. The van der Waals surface area contributed by atoms with Gasteiger partial charge in [0.25, 0.3) is 0 Å². The van der Waals surface area contributed by atoms with Crippen LogP contribution < -0.4 is 0 Å². The molecule has 22 heavy (non-hydrogen) atoms. The van der Waals surface area contributed by atoms with Gasteiger partial charge in [0.1, 0.15) is 11.6 Å². The van der Waals surface area contributed by atoms with Crippen LogP contribution in [-0.4, -0.2) is 39.1 Å². The fourth-order valence-corrected chi connectivity index (χ4v) is 2.71. The first-order valence-corrected chi connectivity index (χ1v) is 6.95. The van der Waals surface area contributed by atoms with Gasteiger partial charge in [-0.2, -0.15) is 0 Å². The predicted octanol–water partition coefficient (Wildman–Crippen LogP) is 2.48. The third-order valence-corrected chi connectivity index (χ3v) is 3.87. The number of carboxylic acids is 1. The Labute approximate surface area is 127 Å². The Morgan fingerprint density at radius 3 is 2.86 bits per heavy atom. The van der Waals surface area contributed by atoms with Crippen molar-refractivity contribution in [2.45, 2.75) is 13.1 Å². The average Bonchev–Trinajstić information content (AvgIpc) is 2.85. The Kier molecular flexibility index (Phi) is 3.54. The summed E-state index contributed by atoms with van der Waals surface area (Å²) in [7, 11) is 1.92. The van der Waals surface area contributed by atoms with Gasteiger partial charge in [0.2, 0.25) is 0 Å². The lowest BCUT2D eigenvalue weighted by Gasteiger charge is -2.25. The van der Waals surface area contributed by atoms with Gasteiger partial charge in [-0.3, -0.25) is 4.90 Å². The van der Waals surface area contributed by atoms with Gasteiger partial charge in [0.05, 0.1) is 11.3 Å². The highest BCUT2D eigenvalue weighted by Gasteiger charge is 2.27. The van der Waals surface area contributed by atoms with E-state index in [2.05, 4.69) is 11.6 Å². The second-order valence-corrected chi connectivity index (χ2v) is 5.37. The minimum atomic E-state index is -1.09. The first kappa shape index (κ1) is 14.5. The third-order valence-electron chi connectivity index (χ3n) is 3.87. The van der Waals surface area contributed by atoms with Crippen LogP contribution in [-0.2, 0) is 13.1 Å². The molecule has 0 saturated carbocycles. The molecule has 0 bridgehead atoms. The number of carbonyl (C=O) groups is 1. The lowest BCUT2D eigenvalue weighted by atomic mass is 10.1. The fourth-order valence-electron chi connectivity index (χ4n) is 2.71. The van der Waals surface area contributed by atoms with Crippen molar-refractivity contribution in [2.75, 3.05) is 13.6 Å². The van der Waals surface area contributed by atoms with E-state index in [0.717, 1.165) is 6.54 Å². The molecule has 0 unspecified atom stereocenters. The second kappa shape index (κ2) is 5.38. The Hall–Kier alpha value is -2.47. The van der Waals surface area contributed by atoms with E-state index in [0.29, 0.717) is 35.7 Å². The summed E-state index contributed by atoms with van der Waals surface area (Å²) in [5, 5.41) is 9.34. The van der Waals surface area contributed by atoms with Crippen LogP contribution in [0.2, 0.25) is 0 Å². The molecule has 2 heterocycles. The molecule has 0 amide bonds. The first-order chi connectivity index (χ1) is 10.5. The van der Waals surface area contributed by atoms with E-state index in [4.69, 9.17) is 0 Å². The summed E-state index contributed by atoms with van der Waals surface area (Å²) in [6.07, 6.45) is 1.56. The molecule has 114 valence electrons. The number of nitrogens with zero attached hydrogens (tertiary/aromatic N) is 3. The third kappa shape index (κ3) is 2.31. The average molecular weight is 301 g/mol. The van der Waals surface area contributed by atoms with Crippen molar-refractivity contribution < 1.29 is 14.3 Å². The smallest absolute Gasteiger partial charge is 0.356 e. The minimum absolute atomic E-state index is 0.00579. The van der Waals surface area contributed by atoms with Crippen molar-refractivity contribution in [3.8, 4) is 11.4 Å². The summed E-state index contributed by atoms with van der Waals surface area (Å²) < 4.78 is 16.1. The lowest BCUT2D eigenvalue weighted by Crippen LogP contribution is -2.31. The van der Waals surface area contributed by atoms with Crippen molar-refractivity contribution in [1.82, 2.24) is 14.5 Å². The van der Waals surface area contributed by atoms with Crippen LogP contribution >= 0.6 is 0 Å². The molecule has 1 aliphatic heterocycles. The van der Waals surface area contributed by atoms with E-state index in [9.17, 15) is 14.3 Å². The molecule has 1 aromatic carbocycles. The van der Waals surface area contributed by atoms with Crippen molar-refractivity contribution in [3.05, 3.63) is 47.5 Å². The lowest BCUT2D eigenvalue weighted by molar-refractivity contribution is 0.0687. The van der Waals surface area contributed by atoms with Gasteiger partial charge in [-0.1, -0.05) is 18.7 Å². The summed E-state index contributed by atoms with van der Waals surface area (Å²) in [5.74, 6) is -1.15. The standard InChI is InChI=1S/C16H16FN3O2/c1-3-10-4-5-11(12(17)8-10)15-18-14(16(21)22)13-9-19(2)6-7-20(13)15/h3-5,8H,1,6-7,9H2,2H3,(H,21,22). The molecule has 6 heteroatoms. The van der Waals surface area contributed by atoms with E-state index in [1.54, 1.807) is 22.8 Å². The largest absolute Gasteiger partial charge is 0.476 e. The molecule has 0 radical (unpaired) electrons. The highest BCUT2D eigenvalue weighted by atomic mass is 19.1. The van der Waals surface area contributed by atoms with Crippen LogP contribution in [0.3, 0.4) is 0 Å². The zero-order valence-corrected chi connectivity index (χ0v) is 12.2. The molecule has 2 aromatic rings. The maximum Gasteiger partial charge on any atom is 0.356 e. The molecule has 0 atom stereocenters. The molecule has 0 saturated heterocycles. The Bertz CT molecular complexity index is 767. The van der Waals surface area contributed by atoms with E-state index >= 15 is 0 Å². The summed E-state index contributed by atoms with van der Waals surface area (Å²) in [6.45, 7) is 5.45. The van der Waals surface area contributed by atoms with Crippen molar-refractivity contribution >= 4 is 12.0 Å². The van der Waals surface area contributed by atoms with Crippen molar-refractivity contribution in [1.29, 1.82) is 0 Å². The number of aromatic nitrogens is 2. The number of likely N-dealkylation sites (N-methyl/N-ethyl adjacent to an activating group) is 1. The predicted molar refractivity (Wildman–Crippen MR) is 81.0 cm³/mol. The highest BCUT2D eigenvalue weighted by Crippen LogP contribution is 2.28. The number of carboxylic acid groups (broad SMARTS) is 1. The fraction of sp³-hybridized carbons (Fsp3) is 0.250. The molecule has 1 N–H and O–H groups in total. The molecule has 1 aliphatic rings. The number of hydrogen-bond acceptors (Lipinski definition) is 3. The number of hydrogen-bond donors (Lipinski definition) is 1. The summed E-state index contributed by atoms with van der Waals surface area (Å²) in [4.78, 5) is 17.6. The number of halogens is 1. The topological polar surface area (TPSA) is 58.4 Å². The SMILES string of the molecule is C=Cc1ccc(-c2nc(C(=O)O)c3n2CCN(C)C3)c(F)c1. The van der Waals surface area contributed by atoms with Gasteiger partial charge in [-0.25, -0.2) is 14.2 Å². The molecule has 5 nitrogen and oxygen atoms in total. The number of fused-ring (bicyclic) bond motifs is 1. The van der Waals surface area contributed by atoms with E-state index in [-0.39, 0.29) is 5.69 Å². The summed E-state index contributed by atoms with van der Waals surface area (Å²) >= 11 is 0. The number of rotatable bonds is 3. The molecular formula is C16H16FN3O2. The number of aromatic carboxylic acids is 1. The van der Waals surface area contributed by atoms with Gasteiger partial charge >= 0.3 is 5.97 Å². The quantitative estimate of drug-likeness (QED) is 0.946. The first-order valence-electron chi connectivity index (χ1n) is 6.95. The van der Waals surface area contributed by atoms with E-state index in [1.165, 1.54) is 6.07 Å². The summed E-state index contributed by atoms with van der Waals surface area (Å²) in [5.41, 5.74) is 1.59. The van der Waals surface area contributed by atoms with E-state index in [1.807, 2.05) is 11.9 Å². The van der Waals surface area contributed by atoms with Gasteiger partial charge in [0.15, 0.2) is 5.69 Å². The number of benzene rings is 1. The van der Waals surface area contributed by atoms with Crippen LogP contribution in [0.5, 0.6) is 0 Å². The molecule has 3 rings (SSSR count). The molecule has 0 fully saturated rings. The molecular weight excluding hydrogens is 285 g/mol. The van der Waals surface area contributed by atoms with Crippen LogP contribution in [0.4, 0.5) is 4.39 Å². The number of imidazole rings is 1. The maximum atomic E-state index is 14.3. The van der Waals surface area contributed by atoms with Gasteiger partial charge in [-0.05, 0) is 24.7 Å². The highest BCUT2D eigenvalue weighted by molar-refractivity contribution is 5.88. The van der Waals surface area contributed by atoms with Crippen LogP contribution in [0.15, 0.2) is 24.8 Å². The van der Waals surface area contributed by atoms with Gasteiger partial charge < -0.3 is 9.67 Å². The van der Waals surface area contributed by atoms with Crippen LogP contribution in [0.1, 0.15) is 21.7 Å². The minimum Gasteiger partial charge on any atom is -0.476 e. The Balaban J connectivity index is 2.18. The Morgan fingerprint density at radius 2 is 2.23 bits per heavy atom. The Morgan fingerprint density at radius 1 is 1.45 bits per heavy atom. The molecule has 1 aromatic heterocycles. The van der Waals surface area contributed by atoms with Crippen LogP contribution in [0, 0.1) is 5.82 Å². The van der Waals surface area contributed by atoms with E-state index < -0.39 is 11.8 Å². The van der Waals surface area contributed by atoms with Crippen molar-refractivity contribution in [2.24, 2.45) is 0 Å². The van der Waals surface area contributed by atoms with Gasteiger partial charge in [-0.15, -0.1) is 0 Å². The zero-order chi connectivity index (χ0) is 15.9. The maximum absolute atomic E-state index is 14.3. The molecule has 0 aliphatic carbocycles. The second-order valence-electron chi connectivity index (χ2n) is 5.37. The monoisotopic (exact) mass is 301 g/mol. The molecule has 0 spiro atoms.